The molecule has 5 nitrogen and oxygen atoms in total. The van der Waals surface area contributed by atoms with Gasteiger partial charge in [0, 0.05) is 12.2 Å². The van der Waals surface area contributed by atoms with Crippen LogP contribution in [-0.2, 0) is 4.79 Å². The second kappa shape index (κ2) is 7.13. The Labute approximate surface area is 116 Å². The van der Waals surface area contributed by atoms with Gasteiger partial charge in [-0.3, -0.25) is 4.79 Å². The average Bonchev–Trinajstić information content (AvgIpc) is 2.36. The first kappa shape index (κ1) is 15.5. The maximum atomic E-state index is 11.7. The van der Waals surface area contributed by atoms with Crippen LogP contribution in [0.25, 0.3) is 0 Å². The van der Waals surface area contributed by atoms with Crippen molar-refractivity contribution < 1.29 is 14.7 Å². The minimum absolute atomic E-state index is 0.0460. The lowest BCUT2D eigenvalue weighted by Gasteiger charge is -2.17. The van der Waals surface area contributed by atoms with Gasteiger partial charge in [0.05, 0.1) is 16.3 Å². The summed E-state index contributed by atoms with van der Waals surface area (Å²) in [6.07, 6.45) is 1.29. The minimum Gasteiger partial charge on any atom is -0.478 e. The quantitative estimate of drug-likeness (QED) is 0.780. The van der Waals surface area contributed by atoms with Crippen LogP contribution in [0.15, 0.2) is 23.4 Å². The van der Waals surface area contributed by atoms with E-state index in [-0.39, 0.29) is 23.3 Å². The van der Waals surface area contributed by atoms with E-state index in [9.17, 15) is 9.59 Å². The lowest BCUT2D eigenvalue weighted by atomic mass is 10.1. The highest BCUT2D eigenvalue weighted by Crippen LogP contribution is 2.15. The average molecular weight is 282 g/mol. The normalized spacial score (nSPS) is 12.2. The molecule has 0 aliphatic rings. The second-order valence-corrected chi connectivity index (χ2v) is 5.57. The van der Waals surface area contributed by atoms with Crippen LogP contribution in [0.1, 0.15) is 31.1 Å². The van der Waals surface area contributed by atoms with Crippen molar-refractivity contribution in [2.45, 2.75) is 31.8 Å². The summed E-state index contributed by atoms with van der Waals surface area (Å²) in [5.41, 5.74) is 0.141. The maximum Gasteiger partial charge on any atom is 0.337 e. The van der Waals surface area contributed by atoms with E-state index in [0.29, 0.717) is 10.9 Å². The molecule has 1 unspecified atom stereocenters. The number of carboxylic acids is 1. The van der Waals surface area contributed by atoms with Crippen molar-refractivity contribution in [3.63, 3.8) is 0 Å². The number of carbonyl (C=O) groups is 2. The first-order valence-corrected chi connectivity index (χ1v) is 7.00. The number of aromatic nitrogens is 1. The van der Waals surface area contributed by atoms with Gasteiger partial charge in [-0.05, 0) is 25.0 Å². The van der Waals surface area contributed by atoms with Crippen molar-refractivity contribution >= 4 is 23.6 Å². The number of pyridine rings is 1. The molecule has 104 valence electrons. The number of thioether (sulfide) groups is 1. The summed E-state index contributed by atoms with van der Waals surface area (Å²) in [6.45, 7) is 6.06. The smallest absolute Gasteiger partial charge is 0.337 e. The predicted molar refractivity (Wildman–Crippen MR) is 74.4 cm³/mol. The zero-order chi connectivity index (χ0) is 14.4. The molecule has 1 heterocycles. The molecule has 6 heteroatoms. The minimum atomic E-state index is -1.01. The van der Waals surface area contributed by atoms with Crippen LogP contribution in [0, 0.1) is 5.92 Å². The molecular weight excluding hydrogens is 264 g/mol. The number of rotatable bonds is 6. The Balaban J connectivity index is 2.44. The zero-order valence-corrected chi connectivity index (χ0v) is 12.0. The molecule has 0 aliphatic carbocycles. The third-order valence-electron chi connectivity index (χ3n) is 2.72. The van der Waals surface area contributed by atoms with E-state index in [0.717, 1.165) is 0 Å². The van der Waals surface area contributed by atoms with Crippen LogP contribution < -0.4 is 5.32 Å². The lowest BCUT2D eigenvalue weighted by Crippen LogP contribution is -2.37. The van der Waals surface area contributed by atoms with Crippen LogP contribution in [0.4, 0.5) is 0 Å². The van der Waals surface area contributed by atoms with E-state index >= 15 is 0 Å². The number of hydrogen-bond acceptors (Lipinski definition) is 4. The number of carbonyl (C=O) groups excluding carboxylic acids is 1. The predicted octanol–water partition coefficient (Wildman–Crippen LogP) is 2.03. The summed E-state index contributed by atoms with van der Waals surface area (Å²) in [5, 5.41) is 12.3. The van der Waals surface area contributed by atoms with Crippen molar-refractivity contribution in [3.8, 4) is 0 Å². The number of aromatic carboxylic acids is 1. The van der Waals surface area contributed by atoms with Crippen molar-refractivity contribution in [3.05, 3.63) is 23.9 Å². The monoisotopic (exact) mass is 282 g/mol. The molecule has 1 aromatic heterocycles. The molecule has 0 aromatic carbocycles. The second-order valence-electron chi connectivity index (χ2n) is 4.58. The summed E-state index contributed by atoms with van der Waals surface area (Å²) < 4.78 is 0. The van der Waals surface area contributed by atoms with Crippen LogP contribution in [0.5, 0.6) is 0 Å². The number of nitrogens with one attached hydrogen (secondary N) is 1. The van der Waals surface area contributed by atoms with Crippen LogP contribution in [0.3, 0.4) is 0 Å². The first-order valence-electron chi connectivity index (χ1n) is 6.01. The highest BCUT2D eigenvalue weighted by Gasteiger charge is 2.11. The number of hydrogen-bond donors (Lipinski definition) is 2. The van der Waals surface area contributed by atoms with E-state index in [2.05, 4.69) is 10.3 Å². The molecule has 2 N–H and O–H groups in total. The standard InChI is InChI=1S/C13H18N2O3S/c1-8(2)9(3)15-11(16)7-19-12-5-4-10(6-14-12)13(17)18/h4-6,8-9H,7H2,1-3H3,(H,15,16)(H,17,18). The number of nitrogens with zero attached hydrogens (tertiary/aromatic N) is 1. The fourth-order valence-electron chi connectivity index (χ4n) is 1.19. The largest absolute Gasteiger partial charge is 0.478 e. The van der Waals surface area contributed by atoms with Crippen molar-refractivity contribution in [1.29, 1.82) is 0 Å². The molecule has 1 aromatic rings. The summed E-state index contributed by atoms with van der Waals surface area (Å²) in [7, 11) is 0. The van der Waals surface area contributed by atoms with Gasteiger partial charge < -0.3 is 10.4 Å². The summed E-state index contributed by atoms with van der Waals surface area (Å²) in [5.74, 6) is -0.388. The van der Waals surface area contributed by atoms with Gasteiger partial charge in [0.2, 0.25) is 5.91 Å². The Morgan fingerprint density at radius 2 is 2.05 bits per heavy atom. The topological polar surface area (TPSA) is 79.3 Å². The third kappa shape index (κ3) is 5.30. The Morgan fingerprint density at radius 3 is 2.53 bits per heavy atom. The Kier molecular flexibility index (Phi) is 5.82. The van der Waals surface area contributed by atoms with Gasteiger partial charge in [0.15, 0.2) is 0 Å². The molecule has 0 bridgehead atoms. The van der Waals surface area contributed by atoms with E-state index in [4.69, 9.17) is 5.11 Å². The first-order chi connectivity index (χ1) is 8.90. The molecule has 0 aliphatic heterocycles. The van der Waals surface area contributed by atoms with Crippen LogP contribution in [-0.4, -0.2) is 33.8 Å². The van der Waals surface area contributed by atoms with E-state index in [1.54, 1.807) is 6.07 Å². The zero-order valence-electron chi connectivity index (χ0n) is 11.2. The SMILES string of the molecule is CC(C)C(C)NC(=O)CSc1ccc(C(=O)O)cn1. The molecule has 0 fully saturated rings. The molecule has 19 heavy (non-hydrogen) atoms. The molecule has 1 amide bonds. The van der Waals surface area contributed by atoms with Gasteiger partial charge in [0.1, 0.15) is 0 Å². The van der Waals surface area contributed by atoms with Gasteiger partial charge in [-0.1, -0.05) is 25.6 Å². The van der Waals surface area contributed by atoms with Gasteiger partial charge in [-0.25, -0.2) is 9.78 Å². The molecule has 1 atom stereocenters. The van der Waals surface area contributed by atoms with Gasteiger partial charge in [-0.15, -0.1) is 0 Å². The highest BCUT2D eigenvalue weighted by molar-refractivity contribution is 7.99. The Hall–Kier alpha value is -1.56. The van der Waals surface area contributed by atoms with E-state index < -0.39 is 5.97 Å². The van der Waals surface area contributed by atoms with Crippen molar-refractivity contribution in [2.75, 3.05) is 5.75 Å². The summed E-state index contributed by atoms with van der Waals surface area (Å²) in [6, 6.07) is 3.22. The summed E-state index contributed by atoms with van der Waals surface area (Å²) >= 11 is 1.29. The highest BCUT2D eigenvalue weighted by atomic mass is 32.2. The van der Waals surface area contributed by atoms with Gasteiger partial charge in [-0.2, -0.15) is 0 Å². The summed E-state index contributed by atoms with van der Waals surface area (Å²) in [4.78, 5) is 26.3. The van der Waals surface area contributed by atoms with Crippen LogP contribution >= 0.6 is 11.8 Å². The lowest BCUT2D eigenvalue weighted by molar-refractivity contribution is -0.119. The van der Waals surface area contributed by atoms with E-state index in [1.807, 2.05) is 20.8 Å². The Bertz CT molecular complexity index is 446. The molecule has 1 rings (SSSR count). The van der Waals surface area contributed by atoms with Gasteiger partial charge in [0.25, 0.3) is 0 Å². The molecule has 0 spiro atoms. The number of carboxylic acid groups (broad SMARTS) is 1. The fourth-order valence-corrected chi connectivity index (χ4v) is 1.85. The Morgan fingerprint density at radius 1 is 1.37 bits per heavy atom. The van der Waals surface area contributed by atoms with Gasteiger partial charge >= 0.3 is 5.97 Å². The molecular formula is C13H18N2O3S. The number of amides is 1. The molecule has 0 saturated heterocycles. The van der Waals surface area contributed by atoms with E-state index in [1.165, 1.54) is 24.0 Å². The molecule has 0 saturated carbocycles. The maximum absolute atomic E-state index is 11.7. The fraction of sp³-hybridized carbons (Fsp3) is 0.462. The van der Waals surface area contributed by atoms with Crippen molar-refractivity contribution in [1.82, 2.24) is 10.3 Å². The van der Waals surface area contributed by atoms with Crippen molar-refractivity contribution in [2.24, 2.45) is 5.92 Å². The molecule has 0 radical (unpaired) electrons. The van der Waals surface area contributed by atoms with Crippen LogP contribution in [0.2, 0.25) is 0 Å². The third-order valence-corrected chi connectivity index (χ3v) is 3.67.